The van der Waals surface area contributed by atoms with E-state index in [-0.39, 0.29) is 0 Å². The molecule has 0 aliphatic heterocycles. The third-order valence-corrected chi connectivity index (χ3v) is 9.07. The third-order valence-electron chi connectivity index (χ3n) is 7.98. The second kappa shape index (κ2) is 5.52. The molecule has 0 spiro atoms. The molecule has 114 valence electrons. The Labute approximate surface area is 129 Å². The molecular weight excluding hydrogens is 260 g/mol. The molecule has 4 aliphatic rings. The van der Waals surface area contributed by atoms with Gasteiger partial charge in [-0.05, 0) is 86.2 Å². The van der Waals surface area contributed by atoms with Crippen molar-refractivity contribution in [1.29, 1.82) is 0 Å². The molecule has 0 saturated heterocycles. The summed E-state index contributed by atoms with van der Waals surface area (Å²) in [6.45, 7) is 2.48. The van der Waals surface area contributed by atoms with Gasteiger partial charge in [0.05, 0.1) is 0 Å². The van der Waals surface area contributed by atoms with Crippen molar-refractivity contribution in [2.45, 2.75) is 70.0 Å². The van der Waals surface area contributed by atoms with Crippen molar-refractivity contribution in [3.8, 4) is 0 Å². The summed E-state index contributed by atoms with van der Waals surface area (Å²) in [5.41, 5.74) is 0. The second-order valence-corrected chi connectivity index (χ2v) is 9.56. The van der Waals surface area contributed by atoms with E-state index in [0.29, 0.717) is 0 Å². The van der Waals surface area contributed by atoms with Crippen molar-refractivity contribution >= 4 is 11.8 Å². The van der Waals surface area contributed by atoms with Gasteiger partial charge >= 0.3 is 0 Å². The number of rotatable bonds is 5. The van der Waals surface area contributed by atoms with Crippen molar-refractivity contribution in [3.05, 3.63) is 0 Å². The van der Waals surface area contributed by atoms with Crippen LogP contribution in [0.15, 0.2) is 0 Å². The predicted molar refractivity (Wildman–Crippen MR) is 89.0 cm³/mol. The maximum Gasteiger partial charge on any atom is 0.00469 e. The van der Waals surface area contributed by atoms with Crippen molar-refractivity contribution in [2.75, 3.05) is 6.26 Å². The van der Waals surface area contributed by atoms with E-state index in [1.54, 1.807) is 44.9 Å². The number of hydrogen-bond donors (Lipinski definition) is 0. The minimum absolute atomic E-state index is 0.916. The molecule has 4 rings (SSSR count). The fraction of sp³-hybridized carbons (Fsp3) is 1.00. The van der Waals surface area contributed by atoms with Crippen LogP contribution in [0.5, 0.6) is 0 Å². The van der Waals surface area contributed by atoms with Crippen LogP contribution < -0.4 is 0 Å². The van der Waals surface area contributed by atoms with Crippen LogP contribution in [0.4, 0.5) is 0 Å². The van der Waals surface area contributed by atoms with Crippen LogP contribution in [-0.2, 0) is 0 Å². The Hall–Kier alpha value is 0.350. The van der Waals surface area contributed by atoms with Crippen LogP contribution in [0.2, 0.25) is 0 Å². The van der Waals surface area contributed by atoms with Gasteiger partial charge in [-0.1, -0.05) is 26.2 Å². The molecule has 0 radical (unpaired) electrons. The normalized spacial score (nSPS) is 49.5. The topological polar surface area (TPSA) is 0 Å². The highest BCUT2D eigenvalue weighted by Crippen LogP contribution is 2.61. The predicted octanol–water partition coefficient (Wildman–Crippen LogP) is 5.62. The minimum Gasteiger partial charge on any atom is -0.162 e. The summed E-state index contributed by atoms with van der Waals surface area (Å²) in [4.78, 5) is 0. The molecule has 7 atom stereocenters. The average Bonchev–Trinajstić information content (AvgIpc) is 2.32. The molecule has 7 unspecified atom stereocenters. The molecule has 0 aromatic rings. The third kappa shape index (κ3) is 2.09. The number of hydrogen-bond acceptors (Lipinski definition) is 1. The van der Waals surface area contributed by atoms with Gasteiger partial charge in [0, 0.05) is 5.25 Å². The molecule has 0 aromatic carbocycles. The van der Waals surface area contributed by atoms with Gasteiger partial charge in [-0.2, -0.15) is 11.8 Å². The van der Waals surface area contributed by atoms with E-state index < -0.39 is 0 Å². The van der Waals surface area contributed by atoms with E-state index >= 15 is 0 Å². The summed E-state index contributed by atoms with van der Waals surface area (Å²) in [5, 5.41) is 0.916. The molecule has 0 nitrogen and oxygen atoms in total. The molecule has 4 aliphatic carbocycles. The summed E-state index contributed by atoms with van der Waals surface area (Å²) >= 11 is 2.11. The lowest BCUT2D eigenvalue weighted by molar-refractivity contribution is -0.0843. The van der Waals surface area contributed by atoms with Crippen molar-refractivity contribution in [2.24, 2.45) is 41.4 Å². The molecule has 0 aromatic heterocycles. The van der Waals surface area contributed by atoms with Gasteiger partial charge in [0.25, 0.3) is 0 Å². The van der Waals surface area contributed by atoms with Crippen molar-refractivity contribution in [3.63, 3.8) is 0 Å². The molecule has 4 saturated carbocycles. The molecule has 0 amide bonds. The monoisotopic (exact) mass is 292 g/mol. The maximum atomic E-state index is 2.48. The summed E-state index contributed by atoms with van der Waals surface area (Å²) < 4.78 is 0. The lowest BCUT2D eigenvalue weighted by Crippen LogP contribution is -2.51. The smallest absolute Gasteiger partial charge is 0.00469 e. The molecule has 0 N–H and O–H groups in total. The summed E-state index contributed by atoms with van der Waals surface area (Å²) in [6, 6.07) is 0. The SMILES string of the molecule is CSC(C)C1CCC1C1CCC1C1CCC1C1CCC1. The quantitative estimate of drug-likeness (QED) is 0.634. The summed E-state index contributed by atoms with van der Waals surface area (Å²) in [5.74, 6) is 8.02. The first-order chi connectivity index (χ1) is 9.79. The fourth-order valence-electron chi connectivity index (χ4n) is 5.99. The lowest BCUT2D eigenvalue weighted by atomic mass is 9.47. The van der Waals surface area contributed by atoms with Crippen molar-refractivity contribution in [1.82, 2.24) is 0 Å². The van der Waals surface area contributed by atoms with Gasteiger partial charge in [0.1, 0.15) is 0 Å². The highest BCUT2D eigenvalue weighted by atomic mass is 32.2. The first-order valence-corrected chi connectivity index (χ1v) is 10.6. The number of thioether (sulfide) groups is 1. The standard InChI is InChI=1S/C19H32S/c1-12(20-2)14-6-8-16(14)18-10-11-19(18)17-9-7-15(17)13-4-3-5-13/h12-19H,3-11H2,1-2H3. The highest BCUT2D eigenvalue weighted by Gasteiger charge is 2.52. The Kier molecular flexibility index (Phi) is 3.86. The first kappa shape index (κ1) is 14.0. The van der Waals surface area contributed by atoms with E-state index in [1.165, 1.54) is 24.7 Å². The van der Waals surface area contributed by atoms with E-state index in [1.807, 2.05) is 0 Å². The largest absolute Gasteiger partial charge is 0.162 e. The zero-order valence-electron chi connectivity index (χ0n) is 13.4. The van der Waals surface area contributed by atoms with Gasteiger partial charge in [0.15, 0.2) is 0 Å². The van der Waals surface area contributed by atoms with Crippen LogP contribution >= 0.6 is 11.8 Å². The fourth-order valence-corrected chi connectivity index (χ4v) is 6.68. The zero-order chi connectivity index (χ0) is 13.7. The van der Waals surface area contributed by atoms with Crippen molar-refractivity contribution < 1.29 is 0 Å². The minimum atomic E-state index is 0.916. The molecule has 0 bridgehead atoms. The summed E-state index contributed by atoms with van der Waals surface area (Å²) in [7, 11) is 0. The maximum absolute atomic E-state index is 2.48. The summed E-state index contributed by atoms with van der Waals surface area (Å²) in [6.07, 6.45) is 16.5. The Bertz CT molecular complexity index is 321. The van der Waals surface area contributed by atoms with Gasteiger partial charge < -0.3 is 0 Å². The van der Waals surface area contributed by atoms with Gasteiger partial charge in [-0.3, -0.25) is 0 Å². The molecule has 4 fully saturated rings. The van der Waals surface area contributed by atoms with E-state index in [2.05, 4.69) is 24.9 Å². The molecule has 0 heterocycles. The highest BCUT2D eigenvalue weighted by molar-refractivity contribution is 7.99. The second-order valence-electron chi connectivity index (χ2n) is 8.35. The van der Waals surface area contributed by atoms with E-state index in [0.717, 1.165) is 34.8 Å². The molecule has 20 heavy (non-hydrogen) atoms. The Morgan fingerprint density at radius 1 is 0.700 bits per heavy atom. The Balaban J connectivity index is 1.36. The van der Waals surface area contributed by atoms with Crippen LogP contribution in [0, 0.1) is 41.4 Å². The average molecular weight is 293 g/mol. The van der Waals surface area contributed by atoms with Crippen LogP contribution in [-0.4, -0.2) is 11.5 Å². The lowest BCUT2D eigenvalue weighted by Gasteiger charge is -2.59. The van der Waals surface area contributed by atoms with Crippen LogP contribution in [0.3, 0.4) is 0 Å². The Morgan fingerprint density at radius 2 is 1.25 bits per heavy atom. The van der Waals surface area contributed by atoms with E-state index in [4.69, 9.17) is 0 Å². The Morgan fingerprint density at radius 3 is 1.65 bits per heavy atom. The van der Waals surface area contributed by atoms with Gasteiger partial charge in [0.2, 0.25) is 0 Å². The molecule has 1 heteroatoms. The molecular formula is C19H32S. The van der Waals surface area contributed by atoms with Crippen LogP contribution in [0.1, 0.15) is 64.7 Å². The first-order valence-electron chi connectivity index (χ1n) is 9.32. The zero-order valence-corrected chi connectivity index (χ0v) is 14.2. The van der Waals surface area contributed by atoms with Crippen LogP contribution in [0.25, 0.3) is 0 Å². The van der Waals surface area contributed by atoms with E-state index in [9.17, 15) is 0 Å². The van der Waals surface area contributed by atoms with Gasteiger partial charge in [-0.15, -0.1) is 0 Å². The van der Waals surface area contributed by atoms with Gasteiger partial charge in [-0.25, -0.2) is 0 Å².